The summed E-state index contributed by atoms with van der Waals surface area (Å²) in [6, 6.07) is 12.4. The molecule has 2 aromatic carbocycles. The SMILES string of the molecule is COC(=O)CC(NC(=O)CN1C(=O)c2ccccc2C1=O)c1ccccc1Cl. The lowest BCUT2D eigenvalue weighted by atomic mass is 10.0. The van der Waals surface area contributed by atoms with Crippen molar-refractivity contribution < 1.29 is 23.9 Å². The Morgan fingerprint density at radius 3 is 2.18 bits per heavy atom. The maximum Gasteiger partial charge on any atom is 0.307 e. The van der Waals surface area contributed by atoms with Crippen LogP contribution in [-0.2, 0) is 14.3 Å². The fourth-order valence-corrected chi connectivity index (χ4v) is 3.28. The van der Waals surface area contributed by atoms with E-state index in [-0.39, 0.29) is 17.5 Å². The first-order valence-corrected chi connectivity index (χ1v) is 8.86. The Balaban J connectivity index is 1.76. The number of imide groups is 1. The van der Waals surface area contributed by atoms with E-state index in [1.807, 2.05) is 0 Å². The van der Waals surface area contributed by atoms with Crippen LogP contribution in [-0.4, -0.2) is 42.2 Å². The number of rotatable bonds is 6. The molecule has 0 saturated heterocycles. The van der Waals surface area contributed by atoms with E-state index in [4.69, 9.17) is 11.6 Å². The van der Waals surface area contributed by atoms with Gasteiger partial charge >= 0.3 is 5.97 Å². The van der Waals surface area contributed by atoms with Crippen LogP contribution in [0.3, 0.4) is 0 Å². The molecule has 0 aliphatic carbocycles. The van der Waals surface area contributed by atoms with Gasteiger partial charge in [-0.25, -0.2) is 0 Å². The highest BCUT2D eigenvalue weighted by molar-refractivity contribution is 6.31. The average molecular weight is 401 g/mol. The van der Waals surface area contributed by atoms with Crippen LogP contribution < -0.4 is 5.32 Å². The molecule has 0 fully saturated rings. The van der Waals surface area contributed by atoms with E-state index in [1.54, 1.807) is 36.4 Å². The summed E-state index contributed by atoms with van der Waals surface area (Å²) in [6.45, 7) is -0.464. The lowest BCUT2D eigenvalue weighted by molar-refractivity contribution is -0.141. The number of hydrogen-bond donors (Lipinski definition) is 1. The molecule has 1 atom stereocenters. The zero-order chi connectivity index (χ0) is 20.3. The molecule has 8 heteroatoms. The molecule has 1 N–H and O–H groups in total. The molecule has 7 nitrogen and oxygen atoms in total. The number of benzene rings is 2. The lowest BCUT2D eigenvalue weighted by Crippen LogP contribution is -2.42. The van der Waals surface area contributed by atoms with Gasteiger partial charge in [0.15, 0.2) is 0 Å². The lowest BCUT2D eigenvalue weighted by Gasteiger charge is -2.21. The molecular weight excluding hydrogens is 384 g/mol. The van der Waals surface area contributed by atoms with Crippen molar-refractivity contribution in [3.05, 3.63) is 70.2 Å². The number of carbonyl (C=O) groups is 4. The minimum Gasteiger partial charge on any atom is -0.469 e. The van der Waals surface area contributed by atoms with Gasteiger partial charge in [0.05, 0.1) is 30.7 Å². The van der Waals surface area contributed by atoms with Crippen LogP contribution in [0.25, 0.3) is 0 Å². The number of nitrogens with zero attached hydrogens (tertiary/aromatic N) is 1. The van der Waals surface area contributed by atoms with Crippen molar-refractivity contribution in [2.24, 2.45) is 0 Å². The topological polar surface area (TPSA) is 92.8 Å². The molecular formula is C20H17ClN2O5. The number of esters is 1. The van der Waals surface area contributed by atoms with Crippen molar-refractivity contribution in [3.63, 3.8) is 0 Å². The van der Waals surface area contributed by atoms with Crippen molar-refractivity contribution in [2.75, 3.05) is 13.7 Å². The zero-order valence-electron chi connectivity index (χ0n) is 15.0. The molecule has 1 unspecified atom stereocenters. The quantitative estimate of drug-likeness (QED) is 0.593. The van der Waals surface area contributed by atoms with E-state index < -0.39 is 36.3 Å². The average Bonchev–Trinajstić information content (AvgIpc) is 2.93. The Morgan fingerprint density at radius 2 is 1.61 bits per heavy atom. The van der Waals surface area contributed by atoms with Crippen molar-refractivity contribution >= 4 is 35.3 Å². The first-order valence-electron chi connectivity index (χ1n) is 8.48. The highest BCUT2D eigenvalue weighted by atomic mass is 35.5. The van der Waals surface area contributed by atoms with Gasteiger partial charge in [-0.1, -0.05) is 41.9 Å². The summed E-state index contributed by atoms with van der Waals surface area (Å²) in [4.78, 5) is 50.0. The van der Waals surface area contributed by atoms with Gasteiger partial charge in [0.2, 0.25) is 5.91 Å². The van der Waals surface area contributed by atoms with Gasteiger partial charge in [-0.2, -0.15) is 0 Å². The Labute approximate surface area is 166 Å². The monoisotopic (exact) mass is 400 g/mol. The number of nitrogens with one attached hydrogen (secondary N) is 1. The molecule has 28 heavy (non-hydrogen) atoms. The second kappa shape index (κ2) is 8.22. The molecule has 0 bridgehead atoms. The highest BCUT2D eigenvalue weighted by Gasteiger charge is 2.36. The van der Waals surface area contributed by atoms with Gasteiger partial charge in [-0.15, -0.1) is 0 Å². The van der Waals surface area contributed by atoms with Crippen LogP contribution in [0.4, 0.5) is 0 Å². The highest BCUT2D eigenvalue weighted by Crippen LogP contribution is 2.26. The predicted octanol–water partition coefficient (Wildman–Crippen LogP) is 2.36. The third-order valence-electron chi connectivity index (χ3n) is 4.39. The summed E-state index contributed by atoms with van der Waals surface area (Å²) in [5, 5.41) is 3.04. The predicted molar refractivity (Wildman–Crippen MR) is 101 cm³/mol. The van der Waals surface area contributed by atoms with Crippen molar-refractivity contribution in [1.29, 1.82) is 0 Å². The first kappa shape index (κ1) is 19.6. The van der Waals surface area contributed by atoms with Crippen LogP contribution in [0.2, 0.25) is 5.02 Å². The summed E-state index contributed by atoms with van der Waals surface area (Å²) >= 11 is 6.18. The van der Waals surface area contributed by atoms with Crippen LogP contribution >= 0.6 is 11.6 Å². The Kier molecular flexibility index (Phi) is 5.75. The molecule has 1 heterocycles. The number of fused-ring (bicyclic) bond motifs is 1. The zero-order valence-corrected chi connectivity index (χ0v) is 15.7. The summed E-state index contributed by atoms with van der Waals surface area (Å²) in [6.07, 6.45) is -0.145. The standard InChI is InChI=1S/C20H17ClN2O5/c1-28-18(25)10-16(14-8-4-5-9-15(14)21)22-17(24)11-23-19(26)12-6-2-3-7-13(12)20(23)27/h2-9,16H,10-11H2,1H3,(H,22,24). The minimum atomic E-state index is -0.760. The maximum absolute atomic E-state index is 12.6. The molecule has 1 aliphatic rings. The van der Waals surface area contributed by atoms with E-state index in [9.17, 15) is 19.2 Å². The summed E-state index contributed by atoms with van der Waals surface area (Å²) in [7, 11) is 1.24. The van der Waals surface area contributed by atoms with Gasteiger partial charge in [-0.05, 0) is 23.8 Å². The summed E-state index contributed by atoms with van der Waals surface area (Å²) in [5.74, 6) is -2.19. The number of hydrogen-bond acceptors (Lipinski definition) is 5. The first-order chi connectivity index (χ1) is 13.4. The summed E-state index contributed by atoms with van der Waals surface area (Å²) in [5.41, 5.74) is 1.06. The second-order valence-electron chi connectivity index (χ2n) is 6.16. The third-order valence-corrected chi connectivity index (χ3v) is 4.74. The molecule has 3 amide bonds. The fourth-order valence-electron chi connectivity index (χ4n) is 3.01. The van der Waals surface area contributed by atoms with Crippen LogP contribution in [0.1, 0.15) is 38.7 Å². The largest absolute Gasteiger partial charge is 0.469 e. The molecule has 144 valence electrons. The second-order valence-corrected chi connectivity index (χ2v) is 6.57. The smallest absolute Gasteiger partial charge is 0.307 e. The van der Waals surface area contributed by atoms with Crippen molar-refractivity contribution in [2.45, 2.75) is 12.5 Å². The number of ether oxygens (including phenoxy) is 1. The number of methoxy groups -OCH3 is 1. The maximum atomic E-state index is 12.6. The van der Waals surface area contributed by atoms with Crippen molar-refractivity contribution in [3.8, 4) is 0 Å². The van der Waals surface area contributed by atoms with E-state index in [1.165, 1.54) is 19.2 Å². The molecule has 1 aliphatic heterocycles. The van der Waals surface area contributed by atoms with Gasteiger partial charge in [0.25, 0.3) is 11.8 Å². The Hall–Kier alpha value is -3.19. The molecule has 0 radical (unpaired) electrons. The Morgan fingerprint density at radius 1 is 1.04 bits per heavy atom. The normalized spacial score (nSPS) is 13.9. The van der Waals surface area contributed by atoms with Crippen molar-refractivity contribution in [1.82, 2.24) is 10.2 Å². The molecule has 3 rings (SSSR count). The molecule has 0 saturated carbocycles. The number of amides is 3. The minimum absolute atomic E-state index is 0.145. The van der Waals surface area contributed by atoms with E-state index in [0.29, 0.717) is 10.6 Å². The molecule has 0 spiro atoms. The fraction of sp³-hybridized carbons (Fsp3) is 0.200. The van der Waals surface area contributed by atoms with E-state index in [2.05, 4.69) is 10.1 Å². The van der Waals surface area contributed by atoms with Gasteiger partial charge < -0.3 is 10.1 Å². The van der Waals surface area contributed by atoms with Gasteiger partial charge in [0.1, 0.15) is 6.54 Å². The summed E-state index contributed by atoms with van der Waals surface area (Å²) < 4.78 is 4.68. The van der Waals surface area contributed by atoms with Crippen LogP contribution in [0.15, 0.2) is 48.5 Å². The third kappa shape index (κ3) is 3.89. The van der Waals surface area contributed by atoms with Crippen LogP contribution in [0.5, 0.6) is 0 Å². The number of halogens is 1. The van der Waals surface area contributed by atoms with E-state index >= 15 is 0 Å². The van der Waals surface area contributed by atoms with E-state index in [0.717, 1.165) is 4.90 Å². The van der Waals surface area contributed by atoms with Crippen LogP contribution in [0, 0.1) is 0 Å². The Bertz CT molecular complexity index is 924. The van der Waals surface area contributed by atoms with Gasteiger partial charge in [0, 0.05) is 5.02 Å². The molecule has 2 aromatic rings. The van der Waals surface area contributed by atoms with Gasteiger partial charge in [-0.3, -0.25) is 24.1 Å². The number of carbonyl (C=O) groups excluding carboxylic acids is 4. The molecule has 0 aromatic heterocycles.